The number of amides is 1. The number of hydrogen-bond acceptors (Lipinski definition) is 4. The van der Waals surface area contributed by atoms with Gasteiger partial charge in [0.05, 0.1) is 0 Å². The van der Waals surface area contributed by atoms with E-state index in [2.05, 4.69) is 16.0 Å². The molecule has 0 aromatic heterocycles. The summed E-state index contributed by atoms with van der Waals surface area (Å²) in [5.74, 6) is -1.75. The van der Waals surface area contributed by atoms with Gasteiger partial charge in [0.25, 0.3) is 5.91 Å². The number of likely N-dealkylation sites (N-methyl/N-ethyl adjacent to an activating group) is 1. The fourth-order valence-electron chi connectivity index (χ4n) is 1.92. The zero-order chi connectivity index (χ0) is 18.3. The van der Waals surface area contributed by atoms with Crippen LogP contribution in [0.15, 0.2) is 40.9 Å². The molecule has 0 aliphatic rings. The maximum absolute atomic E-state index is 13.2. The molecular formula is C17H22F2N4O. The zero-order valence-corrected chi connectivity index (χ0v) is 14.2. The van der Waals surface area contributed by atoms with E-state index in [1.807, 2.05) is 0 Å². The third kappa shape index (κ3) is 5.19. The highest BCUT2D eigenvalue weighted by molar-refractivity contribution is 5.99. The van der Waals surface area contributed by atoms with Crippen LogP contribution in [0.1, 0.15) is 26.3 Å². The van der Waals surface area contributed by atoms with Gasteiger partial charge in [-0.3, -0.25) is 4.79 Å². The molecule has 0 heterocycles. The Hall–Kier alpha value is -2.70. The Morgan fingerprint density at radius 2 is 1.88 bits per heavy atom. The molecule has 0 atom stereocenters. The molecule has 0 saturated carbocycles. The van der Waals surface area contributed by atoms with E-state index < -0.39 is 17.5 Å². The van der Waals surface area contributed by atoms with Crippen molar-refractivity contribution in [1.82, 2.24) is 16.0 Å². The van der Waals surface area contributed by atoms with Crippen LogP contribution in [0.5, 0.6) is 0 Å². The van der Waals surface area contributed by atoms with Gasteiger partial charge in [0, 0.05) is 19.8 Å². The highest BCUT2D eigenvalue weighted by Gasteiger charge is 2.13. The largest absolute Gasteiger partial charge is 0.383 e. The lowest BCUT2D eigenvalue weighted by Gasteiger charge is -2.16. The van der Waals surface area contributed by atoms with Gasteiger partial charge in [-0.15, -0.1) is 0 Å². The lowest BCUT2D eigenvalue weighted by atomic mass is 10.2. The number of benzene rings is 1. The summed E-state index contributed by atoms with van der Waals surface area (Å²) >= 11 is 0. The number of rotatable bonds is 7. The summed E-state index contributed by atoms with van der Waals surface area (Å²) in [4.78, 5) is 12.3. The van der Waals surface area contributed by atoms with E-state index in [4.69, 9.17) is 5.41 Å². The van der Waals surface area contributed by atoms with Gasteiger partial charge in [-0.2, -0.15) is 0 Å². The first-order valence-electron chi connectivity index (χ1n) is 7.35. The minimum absolute atomic E-state index is 0.222. The topological polar surface area (TPSA) is 77.0 Å². The Kier molecular flexibility index (Phi) is 7.10. The Morgan fingerprint density at radius 1 is 1.21 bits per heavy atom. The van der Waals surface area contributed by atoms with Gasteiger partial charge in [-0.1, -0.05) is 6.07 Å². The molecule has 0 spiro atoms. The minimum atomic E-state index is -0.918. The van der Waals surface area contributed by atoms with Crippen LogP contribution in [0.25, 0.3) is 0 Å². The number of hydrogen-bond donors (Lipinski definition) is 4. The van der Waals surface area contributed by atoms with E-state index in [-0.39, 0.29) is 12.2 Å². The SMILES string of the molecule is CN/C(C(=O)NC(NCc1ccc(F)c(F)c1)=C(C)C)=C(/C)C=N. The van der Waals surface area contributed by atoms with Crippen LogP contribution < -0.4 is 16.0 Å². The second-order valence-corrected chi connectivity index (χ2v) is 5.38. The van der Waals surface area contributed by atoms with Crippen molar-refractivity contribution in [3.63, 3.8) is 0 Å². The van der Waals surface area contributed by atoms with Gasteiger partial charge >= 0.3 is 0 Å². The van der Waals surface area contributed by atoms with Gasteiger partial charge < -0.3 is 21.4 Å². The van der Waals surface area contributed by atoms with E-state index >= 15 is 0 Å². The van der Waals surface area contributed by atoms with Crippen molar-refractivity contribution >= 4 is 12.1 Å². The van der Waals surface area contributed by atoms with Crippen molar-refractivity contribution in [3.05, 3.63) is 58.1 Å². The lowest BCUT2D eigenvalue weighted by molar-refractivity contribution is -0.117. The summed E-state index contributed by atoms with van der Waals surface area (Å²) in [6.07, 6.45) is 1.09. The predicted molar refractivity (Wildman–Crippen MR) is 90.3 cm³/mol. The Labute approximate surface area is 140 Å². The average molecular weight is 336 g/mol. The highest BCUT2D eigenvalue weighted by Crippen LogP contribution is 2.09. The summed E-state index contributed by atoms with van der Waals surface area (Å²) in [5.41, 5.74) is 2.12. The van der Waals surface area contributed by atoms with Crippen LogP contribution in [0.4, 0.5) is 8.78 Å². The molecule has 0 radical (unpaired) electrons. The first-order chi connectivity index (χ1) is 11.3. The normalized spacial score (nSPS) is 11.2. The number of halogens is 2. The van der Waals surface area contributed by atoms with Crippen LogP contribution in [0, 0.1) is 17.0 Å². The quantitative estimate of drug-likeness (QED) is 0.456. The van der Waals surface area contributed by atoms with E-state index in [1.165, 1.54) is 6.07 Å². The van der Waals surface area contributed by atoms with Crippen molar-refractivity contribution in [2.24, 2.45) is 0 Å². The monoisotopic (exact) mass is 336 g/mol. The van der Waals surface area contributed by atoms with Crippen LogP contribution >= 0.6 is 0 Å². The first kappa shape index (κ1) is 19.3. The van der Waals surface area contributed by atoms with E-state index in [0.717, 1.165) is 23.9 Å². The summed E-state index contributed by atoms with van der Waals surface area (Å²) in [5, 5.41) is 15.7. The van der Waals surface area contributed by atoms with Crippen LogP contribution in [-0.2, 0) is 11.3 Å². The third-order valence-electron chi connectivity index (χ3n) is 3.28. The summed E-state index contributed by atoms with van der Waals surface area (Å²) in [7, 11) is 1.60. The van der Waals surface area contributed by atoms with Gasteiger partial charge in [-0.05, 0) is 49.6 Å². The summed E-state index contributed by atoms with van der Waals surface area (Å²) < 4.78 is 26.2. The first-order valence-corrected chi connectivity index (χ1v) is 7.35. The van der Waals surface area contributed by atoms with Crippen molar-refractivity contribution in [2.45, 2.75) is 27.3 Å². The molecule has 0 aliphatic heterocycles. The highest BCUT2D eigenvalue weighted by atomic mass is 19.2. The molecule has 1 rings (SSSR count). The molecular weight excluding hydrogens is 314 g/mol. The van der Waals surface area contributed by atoms with Gasteiger partial charge in [-0.25, -0.2) is 8.78 Å². The average Bonchev–Trinajstić information content (AvgIpc) is 2.54. The molecule has 0 unspecified atom stereocenters. The molecule has 0 fully saturated rings. The Balaban J connectivity index is 2.86. The van der Waals surface area contributed by atoms with E-state index in [0.29, 0.717) is 17.0 Å². The van der Waals surface area contributed by atoms with Crippen molar-refractivity contribution in [1.29, 1.82) is 5.41 Å². The number of carbonyl (C=O) groups is 1. The van der Waals surface area contributed by atoms with Crippen LogP contribution in [-0.4, -0.2) is 19.2 Å². The molecule has 1 aromatic rings. The number of nitrogens with one attached hydrogen (secondary N) is 4. The van der Waals surface area contributed by atoms with Crippen molar-refractivity contribution in [2.75, 3.05) is 7.05 Å². The van der Waals surface area contributed by atoms with Crippen molar-refractivity contribution in [3.8, 4) is 0 Å². The molecule has 1 amide bonds. The maximum atomic E-state index is 13.2. The van der Waals surface area contributed by atoms with E-state index in [9.17, 15) is 13.6 Å². The van der Waals surface area contributed by atoms with Crippen LogP contribution in [0.2, 0.25) is 0 Å². The zero-order valence-electron chi connectivity index (χ0n) is 14.2. The van der Waals surface area contributed by atoms with Gasteiger partial charge in [0.2, 0.25) is 0 Å². The molecule has 1 aromatic carbocycles. The molecule has 4 N–H and O–H groups in total. The maximum Gasteiger partial charge on any atom is 0.273 e. The third-order valence-corrected chi connectivity index (χ3v) is 3.28. The van der Waals surface area contributed by atoms with Gasteiger partial charge in [0.15, 0.2) is 11.6 Å². The molecule has 5 nitrogen and oxygen atoms in total. The molecule has 0 bridgehead atoms. The number of allylic oxidation sites excluding steroid dienone is 2. The number of carbonyl (C=O) groups excluding carboxylic acids is 1. The summed E-state index contributed by atoms with van der Waals surface area (Å²) in [6, 6.07) is 3.63. The van der Waals surface area contributed by atoms with E-state index in [1.54, 1.807) is 27.8 Å². The second kappa shape index (κ2) is 8.81. The van der Waals surface area contributed by atoms with Crippen LogP contribution in [0.3, 0.4) is 0 Å². The second-order valence-electron chi connectivity index (χ2n) is 5.38. The standard InChI is InChI=1S/C17H22F2N4O/c1-10(2)16(23-17(24)15(21-4)11(3)8-20)22-9-12-5-6-13(18)14(19)7-12/h5-8,20-22H,9H2,1-4H3,(H,23,24)/b15-11-,20-8?. The molecule has 0 saturated heterocycles. The smallest absolute Gasteiger partial charge is 0.273 e. The Morgan fingerprint density at radius 3 is 2.38 bits per heavy atom. The summed E-state index contributed by atoms with van der Waals surface area (Å²) in [6.45, 7) is 5.48. The van der Waals surface area contributed by atoms with Crippen molar-refractivity contribution < 1.29 is 13.6 Å². The lowest BCUT2D eigenvalue weighted by Crippen LogP contribution is -2.36. The minimum Gasteiger partial charge on any atom is -0.383 e. The Bertz CT molecular complexity index is 692. The predicted octanol–water partition coefficient (Wildman–Crippen LogP) is 2.56. The molecule has 24 heavy (non-hydrogen) atoms. The van der Waals surface area contributed by atoms with Gasteiger partial charge in [0.1, 0.15) is 11.5 Å². The molecule has 0 aliphatic carbocycles. The fourth-order valence-corrected chi connectivity index (χ4v) is 1.92. The molecule has 130 valence electrons. The molecule has 7 heteroatoms. The fraction of sp³-hybridized carbons (Fsp3) is 0.294.